The maximum Gasteiger partial charge on any atom is 0.259 e. The molecule has 160 valence electrons. The fraction of sp³-hybridized carbons (Fsp3) is 0.269. The highest BCUT2D eigenvalue weighted by Gasteiger charge is 2.46. The van der Waals surface area contributed by atoms with Crippen molar-refractivity contribution in [2.75, 3.05) is 25.1 Å². The van der Waals surface area contributed by atoms with Crippen LogP contribution in [0.3, 0.4) is 0 Å². The second-order valence-corrected chi connectivity index (χ2v) is 8.42. The van der Waals surface area contributed by atoms with Crippen LogP contribution in [0.1, 0.15) is 28.4 Å². The first-order valence-electron chi connectivity index (χ1n) is 10.4. The van der Waals surface area contributed by atoms with Crippen LogP contribution in [0.4, 0.5) is 10.1 Å². The van der Waals surface area contributed by atoms with Crippen molar-refractivity contribution in [2.45, 2.75) is 25.9 Å². The molecule has 3 aromatic rings. The van der Waals surface area contributed by atoms with Crippen LogP contribution in [0.2, 0.25) is 0 Å². The minimum atomic E-state index is -0.353. The Hall–Kier alpha value is -3.18. The number of aryl methyl sites for hydroxylation is 1. The van der Waals surface area contributed by atoms with Crippen LogP contribution >= 0.6 is 0 Å². The van der Waals surface area contributed by atoms with E-state index in [1.165, 1.54) is 12.1 Å². The Morgan fingerprint density at radius 2 is 1.68 bits per heavy atom. The second kappa shape index (κ2) is 8.52. The van der Waals surface area contributed by atoms with Crippen molar-refractivity contribution in [1.29, 1.82) is 0 Å². The number of methoxy groups -OCH3 is 1. The maximum atomic E-state index is 13.7. The topological polar surface area (TPSA) is 32.8 Å². The average molecular weight is 419 g/mol. The summed E-state index contributed by atoms with van der Waals surface area (Å²) in [6, 6.07) is 21.9. The lowest BCUT2D eigenvalue weighted by molar-refractivity contribution is 0.0591. The summed E-state index contributed by atoms with van der Waals surface area (Å²) in [5, 5.41) is 0. The molecule has 0 N–H and O–H groups in total. The van der Waals surface area contributed by atoms with Crippen LogP contribution in [0.15, 0.2) is 72.8 Å². The Balaban J connectivity index is 1.60. The molecule has 31 heavy (non-hydrogen) atoms. The van der Waals surface area contributed by atoms with E-state index in [0.29, 0.717) is 5.56 Å². The molecule has 0 bridgehead atoms. The van der Waals surface area contributed by atoms with Gasteiger partial charge in [0.15, 0.2) is 0 Å². The molecule has 0 unspecified atom stereocenters. The molecule has 0 aromatic heterocycles. The number of benzene rings is 3. The number of ether oxygens (including phenoxy) is 1. The molecule has 1 aliphatic rings. The van der Waals surface area contributed by atoms with Crippen LogP contribution in [-0.4, -0.2) is 36.5 Å². The largest absolute Gasteiger partial charge is 0.497 e. The number of hydrogen-bond donors (Lipinski definition) is 0. The summed E-state index contributed by atoms with van der Waals surface area (Å²) in [6.45, 7) is 6.27. The fourth-order valence-electron chi connectivity index (χ4n) is 4.36. The van der Waals surface area contributed by atoms with Gasteiger partial charge in [0.25, 0.3) is 5.91 Å². The molecule has 0 saturated carbocycles. The molecule has 3 aromatic carbocycles. The van der Waals surface area contributed by atoms with E-state index in [9.17, 15) is 9.18 Å². The molecule has 1 amide bonds. The lowest BCUT2D eigenvalue weighted by Crippen LogP contribution is -2.69. The number of anilines is 1. The molecule has 0 aliphatic carbocycles. The third-order valence-corrected chi connectivity index (χ3v) is 5.90. The van der Waals surface area contributed by atoms with Gasteiger partial charge in [-0.05, 0) is 67.4 Å². The highest BCUT2D eigenvalue weighted by Crippen LogP contribution is 2.35. The Labute approximate surface area is 182 Å². The first-order valence-corrected chi connectivity index (χ1v) is 10.4. The lowest BCUT2D eigenvalue weighted by atomic mass is 9.87. The van der Waals surface area contributed by atoms with Gasteiger partial charge in [-0.25, -0.2) is 4.39 Å². The summed E-state index contributed by atoms with van der Waals surface area (Å²) < 4.78 is 18.5. The van der Waals surface area contributed by atoms with Crippen molar-refractivity contribution >= 4 is 11.6 Å². The smallest absolute Gasteiger partial charge is 0.259 e. The highest BCUT2D eigenvalue weighted by molar-refractivity contribution is 6.08. The standard InChI is InChI=1S/C26H27FN2O2/c1-19-6-4-5-7-24(19)25(30)29(22-12-14-23(31-3)15-13-22)26(2)17-28(18-26)16-20-8-10-21(27)11-9-20/h4-15H,16-18H2,1-3H3. The average Bonchev–Trinajstić information content (AvgIpc) is 2.75. The van der Waals surface area contributed by atoms with Gasteiger partial charge >= 0.3 is 0 Å². The van der Waals surface area contributed by atoms with Crippen molar-refractivity contribution in [3.05, 3.63) is 95.3 Å². The van der Waals surface area contributed by atoms with Crippen LogP contribution < -0.4 is 9.64 Å². The van der Waals surface area contributed by atoms with Crippen molar-refractivity contribution in [1.82, 2.24) is 4.90 Å². The molecule has 1 fully saturated rings. The zero-order valence-corrected chi connectivity index (χ0v) is 18.1. The van der Waals surface area contributed by atoms with Gasteiger partial charge in [0.1, 0.15) is 11.6 Å². The Kier molecular flexibility index (Phi) is 5.79. The van der Waals surface area contributed by atoms with Crippen LogP contribution in [0.25, 0.3) is 0 Å². The van der Waals surface area contributed by atoms with Gasteiger partial charge in [-0.1, -0.05) is 30.3 Å². The minimum absolute atomic E-state index is 0.00722. The van der Waals surface area contributed by atoms with Gasteiger partial charge in [0.2, 0.25) is 0 Å². The molecule has 0 radical (unpaired) electrons. The van der Waals surface area contributed by atoms with E-state index in [1.807, 2.05) is 72.5 Å². The number of carbonyl (C=O) groups is 1. The SMILES string of the molecule is COc1ccc(N(C(=O)c2ccccc2C)C2(C)CN(Cc3ccc(F)cc3)C2)cc1. The number of likely N-dealkylation sites (tertiary alicyclic amines) is 1. The summed E-state index contributed by atoms with van der Waals surface area (Å²) >= 11 is 0. The first-order chi connectivity index (χ1) is 14.9. The summed E-state index contributed by atoms with van der Waals surface area (Å²) in [6.07, 6.45) is 0. The second-order valence-electron chi connectivity index (χ2n) is 8.42. The van der Waals surface area contributed by atoms with Crippen LogP contribution in [0, 0.1) is 12.7 Å². The van der Waals surface area contributed by atoms with Gasteiger partial charge in [-0.2, -0.15) is 0 Å². The molecule has 5 heteroatoms. The number of halogens is 1. The minimum Gasteiger partial charge on any atom is -0.497 e. The van der Waals surface area contributed by atoms with Crippen molar-refractivity contribution in [2.24, 2.45) is 0 Å². The zero-order chi connectivity index (χ0) is 22.0. The molecular weight excluding hydrogens is 391 g/mol. The molecule has 1 saturated heterocycles. The van der Waals surface area contributed by atoms with Crippen molar-refractivity contribution < 1.29 is 13.9 Å². The van der Waals surface area contributed by atoms with E-state index in [1.54, 1.807) is 7.11 Å². The normalized spacial score (nSPS) is 15.2. The summed E-state index contributed by atoms with van der Waals surface area (Å²) in [7, 11) is 1.63. The predicted octanol–water partition coefficient (Wildman–Crippen LogP) is 5.06. The number of carbonyl (C=O) groups excluding carboxylic acids is 1. The molecule has 0 spiro atoms. The number of nitrogens with zero attached hydrogens (tertiary/aromatic N) is 2. The van der Waals surface area contributed by atoms with E-state index in [0.717, 1.165) is 42.2 Å². The van der Waals surface area contributed by atoms with Gasteiger partial charge in [-0.15, -0.1) is 0 Å². The number of amides is 1. The van der Waals surface area contributed by atoms with Crippen molar-refractivity contribution in [3.8, 4) is 5.75 Å². The quantitative estimate of drug-likeness (QED) is 0.561. The third-order valence-electron chi connectivity index (χ3n) is 5.90. The monoisotopic (exact) mass is 418 g/mol. The van der Waals surface area contributed by atoms with Crippen LogP contribution in [-0.2, 0) is 6.54 Å². The van der Waals surface area contributed by atoms with Crippen LogP contribution in [0.5, 0.6) is 5.75 Å². The lowest BCUT2D eigenvalue weighted by Gasteiger charge is -2.54. The summed E-state index contributed by atoms with van der Waals surface area (Å²) in [4.78, 5) is 17.9. The van der Waals surface area contributed by atoms with Gasteiger partial charge in [0.05, 0.1) is 12.6 Å². The Bertz CT molecular complexity index is 1060. The Morgan fingerprint density at radius 1 is 1.03 bits per heavy atom. The molecular formula is C26H27FN2O2. The van der Waals surface area contributed by atoms with Gasteiger partial charge < -0.3 is 4.74 Å². The van der Waals surface area contributed by atoms with E-state index < -0.39 is 0 Å². The Morgan fingerprint density at radius 3 is 2.29 bits per heavy atom. The van der Waals surface area contributed by atoms with Gasteiger partial charge in [-0.3, -0.25) is 14.6 Å². The van der Waals surface area contributed by atoms with E-state index in [4.69, 9.17) is 4.74 Å². The highest BCUT2D eigenvalue weighted by atomic mass is 19.1. The zero-order valence-electron chi connectivity index (χ0n) is 18.1. The predicted molar refractivity (Wildman–Crippen MR) is 121 cm³/mol. The third kappa shape index (κ3) is 4.32. The van der Waals surface area contributed by atoms with E-state index in [-0.39, 0.29) is 17.3 Å². The molecule has 1 heterocycles. The van der Waals surface area contributed by atoms with E-state index >= 15 is 0 Å². The van der Waals surface area contributed by atoms with E-state index in [2.05, 4.69) is 11.8 Å². The van der Waals surface area contributed by atoms with Gasteiger partial charge in [0, 0.05) is 30.9 Å². The van der Waals surface area contributed by atoms with Crippen molar-refractivity contribution in [3.63, 3.8) is 0 Å². The molecule has 4 nitrogen and oxygen atoms in total. The number of hydrogen-bond acceptors (Lipinski definition) is 3. The molecule has 0 atom stereocenters. The molecule has 1 aliphatic heterocycles. The summed E-state index contributed by atoms with van der Waals surface area (Å²) in [5.41, 5.74) is 3.21. The molecule has 4 rings (SSSR count). The number of rotatable bonds is 6. The first kappa shape index (κ1) is 21.1. The summed E-state index contributed by atoms with van der Waals surface area (Å²) in [5.74, 6) is 0.516. The fourth-order valence-corrected chi connectivity index (χ4v) is 4.36. The maximum absolute atomic E-state index is 13.7.